The predicted molar refractivity (Wildman–Crippen MR) is 142 cm³/mol. The maximum Gasteiger partial charge on any atom is 0.416 e. The summed E-state index contributed by atoms with van der Waals surface area (Å²) in [5.74, 6) is 1.36. The van der Waals surface area contributed by atoms with E-state index in [4.69, 9.17) is 4.98 Å². The second kappa shape index (κ2) is 10.5. The summed E-state index contributed by atoms with van der Waals surface area (Å²) in [6, 6.07) is 3.54. The molecule has 1 aliphatic rings. The summed E-state index contributed by atoms with van der Waals surface area (Å²) in [6.07, 6.45) is -1.81. The lowest BCUT2D eigenvalue weighted by atomic mass is 10.0. The third kappa shape index (κ3) is 5.45. The van der Waals surface area contributed by atoms with Crippen molar-refractivity contribution in [1.29, 1.82) is 0 Å². The molecule has 0 amide bonds. The Morgan fingerprint density at radius 2 is 1.76 bits per heavy atom. The van der Waals surface area contributed by atoms with Crippen molar-refractivity contribution in [2.45, 2.75) is 52.8 Å². The summed E-state index contributed by atoms with van der Waals surface area (Å²) in [5, 5.41) is 15.6. The van der Waals surface area contributed by atoms with E-state index in [-0.39, 0.29) is 5.56 Å². The molecule has 1 N–H and O–H groups in total. The van der Waals surface area contributed by atoms with E-state index >= 15 is 0 Å². The number of hydrogen-bond acceptors (Lipinski definition) is 8. The first kappa shape index (κ1) is 27.8. The van der Waals surface area contributed by atoms with Gasteiger partial charge in [0.25, 0.3) is 5.69 Å². The van der Waals surface area contributed by atoms with Gasteiger partial charge in [-0.05, 0) is 44.4 Å². The van der Waals surface area contributed by atoms with E-state index in [2.05, 4.69) is 20.2 Å². The second-order valence-corrected chi connectivity index (χ2v) is 13.0. The molecule has 3 aromatic rings. The van der Waals surface area contributed by atoms with Crippen LogP contribution in [0.4, 0.5) is 30.5 Å². The van der Waals surface area contributed by atoms with Crippen LogP contribution in [0.3, 0.4) is 0 Å². The lowest BCUT2D eigenvalue weighted by Crippen LogP contribution is -2.27. The van der Waals surface area contributed by atoms with Gasteiger partial charge in [0.05, 0.1) is 27.2 Å². The highest BCUT2D eigenvalue weighted by Crippen LogP contribution is 2.47. The van der Waals surface area contributed by atoms with Gasteiger partial charge >= 0.3 is 6.18 Å². The molecule has 9 nitrogen and oxygen atoms in total. The number of halogens is 3. The maximum atomic E-state index is 13.9. The van der Waals surface area contributed by atoms with Crippen LogP contribution in [0.15, 0.2) is 24.3 Å². The minimum absolute atomic E-state index is 0.0746. The van der Waals surface area contributed by atoms with Gasteiger partial charge < -0.3 is 14.8 Å². The summed E-state index contributed by atoms with van der Waals surface area (Å²) >= 11 is 0. The van der Waals surface area contributed by atoms with Crippen molar-refractivity contribution in [2.75, 3.05) is 35.6 Å². The molecule has 1 atom stereocenters. The smallest absolute Gasteiger partial charge is 0.363 e. The summed E-state index contributed by atoms with van der Waals surface area (Å²) in [6.45, 7) is 8.65. The molecular formula is C25H30F3N6O3P. The number of non-ortho nitro benzene ring substituents is 1. The van der Waals surface area contributed by atoms with Gasteiger partial charge in [0.2, 0.25) is 0 Å². The van der Waals surface area contributed by atoms with Crippen LogP contribution in [0, 0.1) is 17.0 Å². The van der Waals surface area contributed by atoms with Gasteiger partial charge in [0.1, 0.15) is 24.6 Å². The monoisotopic (exact) mass is 550 g/mol. The molecule has 0 aliphatic carbocycles. The zero-order valence-electron chi connectivity index (χ0n) is 21.7. The van der Waals surface area contributed by atoms with Gasteiger partial charge in [-0.25, -0.2) is 15.0 Å². The molecular weight excluding hydrogens is 520 g/mol. The fourth-order valence-corrected chi connectivity index (χ4v) is 6.77. The third-order valence-corrected chi connectivity index (χ3v) is 10.2. The lowest BCUT2D eigenvalue weighted by Gasteiger charge is -2.25. The highest BCUT2D eigenvalue weighted by molar-refractivity contribution is 7.71. The number of benzene rings is 1. The number of fused-ring (bicyclic) bond motifs is 1. The molecule has 0 saturated carbocycles. The number of alkyl halides is 3. The number of anilines is 2. The van der Waals surface area contributed by atoms with Crippen molar-refractivity contribution >= 4 is 40.8 Å². The van der Waals surface area contributed by atoms with Crippen LogP contribution in [0.25, 0.3) is 11.0 Å². The number of nitrogens with one attached hydrogen (secondary N) is 1. The summed E-state index contributed by atoms with van der Waals surface area (Å²) in [5.41, 5.74) is -1.31. The standard InChI is InChI=1S/C25H30F3N6O3P/c1-5-38(37,6-2)21-14-20-22(30-16(4)31-23(20)32-24(21)33-9-7-8-10-33)29-15(3)17-11-18(25(26,27)28)13-19(12-17)34(35)36/h11-15H,5-10H2,1-4H3,(H,29,30,31,32)/t15-/m1/s1. The number of aromatic nitrogens is 3. The van der Waals surface area contributed by atoms with Crippen molar-refractivity contribution in [2.24, 2.45) is 0 Å². The van der Waals surface area contributed by atoms with E-state index in [9.17, 15) is 27.9 Å². The molecule has 1 saturated heterocycles. The van der Waals surface area contributed by atoms with Crippen LogP contribution in [-0.2, 0) is 10.7 Å². The van der Waals surface area contributed by atoms with Gasteiger partial charge in [-0.1, -0.05) is 13.8 Å². The topological polar surface area (TPSA) is 114 Å². The van der Waals surface area contributed by atoms with Crippen LogP contribution in [0.5, 0.6) is 0 Å². The van der Waals surface area contributed by atoms with Crippen molar-refractivity contribution < 1.29 is 22.7 Å². The number of nitro groups is 1. The summed E-state index contributed by atoms with van der Waals surface area (Å²) in [4.78, 5) is 26.4. The average molecular weight is 551 g/mol. The minimum Gasteiger partial charge on any atom is -0.363 e. The molecule has 4 rings (SSSR count). The molecule has 1 aromatic carbocycles. The fourth-order valence-electron chi connectivity index (χ4n) is 4.72. The van der Waals surface area contributed by atoms with E-state index in [1.54, 1.807) is 19.9 Å². The SMILES string of the molecule is CCP(=O)(CC)c1cc2c(N[C@H](C)c3cc([N+](=O)[O-])cc(C(F)(F)F)c3)nc(C)nc2nc1N1CCCC1. The van der Waals surface area contributed by atoms with Gasteiger partial charge in [-0.3, -0.25) is 10.1 Å². The molecule has 2 aromatic heterocycles. The highest BCUT2D eigenvalue weighted by Gasteiger charge is 2.34. The molecule has 38 heavy (non-hydrogen) atoms. The number of nitrogens with zero attached hydrogens (tertiary/aromatic N) is 5. The second-order valence-electron chi connectivity index (χ2n) is 9.47. The molecule has 1 aliphatic heterocycles. The number of pyridine rings is 1. The lowest BCUT2D eigenvalue weighted by molar-refractivity contribution is -0.385. The summed E-state index contributed by atoms with van der Waals surface area (Å²) in [7, 11) is -2.78. The predicted octanol–water partition coefficient (Wildman–Crippen LogP) is 6.06. The molecule has 0 spiro atoms. The molecule has 3 heterocycles. The Balaban J connectivity index is 1.85. The maximum absolute atomic E-state index is 13.9. The average Bonchev–Trinajstić information content (AvgIpc) is 3.41. The van der Waals surface area contributed by atoms with E-state index in [1.807, 2.05) is 13.8 Å². The highest BCUT2D eigenvalue weighted by atomic mass is 31.2. The first-order chi connectivity index (χ1) is 17.9. The molecule has 1 fully saturated rings. The zero-order chi connectivity index (χ0) is 27.8. The molecule has 0 bridgehead atoms. The van der Waals surface area contributed by atoms with Gasteiger partial charge in [-0.15, -0.1) is 0 Å². The van der Waals surface area contributed by atoms with E-state index < -0.39 is 35.5 Å². The fraction of sp³-hybridized carbons (Fsp3) is 0.480. The van der Waals surface area contributed by atoms with Gasteiger partial charge in [-0.2, -0.15) is 13.2 Å². The van der Waals surface area contributed by atoms with Crippen molar-refractivity contribution in [1.82, 2.24) is 15.0 Å². The minimum atomic E-state index is -4.75. The Bertz CT molecular complexity index is 1420. The van der Waals surface area contributed by atoms with Gasteiger partial charge in [0.15, 0.2) is 5.65 Å². The number of nitro benzene ring substituents is 1. The van der Waals surface area contributed by atoms with Crippen LogP contribution < -0.4 is 15.5 Å². The molecule has 0 unspecified atom stereocenters. The van der Waals surface area contributed by atoms with Crippen molar-refractivity contribution in [3.63, 3.8) is 0 Å². The number of hydrogen-bond donors (Lipinski definition) is 1. The normalized spacial score (nSPS) is 15.2. The van der Waals surface area contributed by atoms with Crippen LogP contribution >= 0.6 is 7.14 Å². The largest absolute Gasteiger partial charge is 0.416 e. The zero-order valence-corrected chi connectivity index (χ0v) is 22.6. The molecule has 13 heteroatoms. The van der Waals surface area contributed by atoms with E-state index in [0.29, 0.717) is 52.2 Å². The number of aryl methyl sites for hydroxylation is 1. The van der Waals surface area contributed by atoms with Crippen molar-refractivity contribution in [3.8, 4) is 0 Å². The van der Waals surface area contributed by atoms with E-state index in [1.165, 1.54) is 0 Å². The quantitative estimate of drug-likeness (QED) is 0.205. The molecule has 204 valence electrons. The third-order valence-electron chi connectivity index (χ3n) is 6.96. The summed E-state index contributed by atoms with van der Waals surface area (Å²) < 4.78 is 54.3. The Hall–Kier alpha value is -3.27. The molecule has 0 radical (unpaired) electrons. The van der Waals surface area contributed by atoms with Crippen LogP contribution in [-0.4, -0.2) is 45.3 Å². The van der Waals surface area contributed by atoms with E-state index in [0.717, 1.165) is 38.1 Å². The van der Waals surface area contributed by atoms with Crippen LogP contribution in [0.1, 0.15) is 56.6 Å². The first-order valence-corrected chi connectivity index (χ1v) is 14.6. The Kier molecular flexibility index (Phi) is 7.65. The Morgan fingerprint density at radius 1 is 1.11 bits per heavy atom. The first-order valence-electron chi connectivity index (χ1n) is 12.5. The van der Waals surface area contributed by atoms with Gasteiger partial charge in [0, 0.05) is 37.5 Å². The van der Waals surface area contributed by atoms with Crippen molar-refractivity contribution in [3.05, 3.63) is 51.3 Å². The Morgan fingerprint density at radius 3 is 2.34 bits per heavy atom. The number of rotatable bonds is 8. The Labute approximate surface area is 218 Å². The van der Waals surface area contributed by atoms with Crippen LogP contribution in [0.2, 0.25) is 0 Å².